The van der Waals surface area contributed by atoms with Gasteiger partial charge in [0.05, 0.1) is 7.11 Å². The molecule has 1 aromatic rings. The van der Waals surface area contributed by atoms with E-state index in [2.05, 4.69) is 0 Å². The summed E-state index contributed by atoms with van der Waals surface area (Å²) in [6.07, 6.45) is 0.0450. The van der Waals surface area contributed by atoms with Crippen LogP contribution in [0.3, 0.4) is 0 Å². The second kappa shape index (κ2) is 6.39. The van der Waals surface area contributed by atoms with Crippen LogP contribution >= 0.6 is 7.60 Å². The topological polar surface area (TPSA) is 93.1 Å². The molecule has 0 spiro atoms. The van der Waals surface area contributed by atoms with E-state index >= 15 is 0 Å². The Hall–Kier alpha value is -1.36. The minimum atomic E-state index is -4.59. The molecule has 0 atom stereocenters. The number of carbonyl (C=O) groups is 1. The minimum absolute atomic E-state index is 0.0225. The van der Waals surface area contributed by atoms with Crippen LogP contribution in [0.4, 0.5) is 0 Å². The molecular weight excluding hydrogens is 283 g/mol. The third-order valence-electron chi connectivity index (χ3n) is 3.25. The zero-order valence-corrected chi connectivity index (χ0v) is 12.6. The summed E-state index contributed by atoms with van der Waals surface area (Å²) in [7, 11) is -3.18. The van der Waals surface area contributed by atoms with Crippen LogP contribution in [0.2, 0.25) is 0 Å². The van der Waals surface area contributed by atoms with Crippen LogP contribution in [0.25, 0.3) is 0 Å². The van der Waals surface area contributed by atoms with Crippen LogP contribution in [0.1, 0.15) is 37.0 Å². The van der Waals surface area contributed by atoms with Crippen molar-refractivity contribution in [1.29, 1.82) is 0 Å². The van der Waals surface area contributed by atoms with Gasteiger partial charge in [-0.05, 0) is 25.0 Å². The maximum atomic E-state index is 12.2. The van der Waals surface area contributed by atoms with Crippen molar-refractivity contribution < 1.29 is 28.6 Å². The first-order chi connectivity index (χ1) is 9.31. The fourth-order valence-corrected chi connectivity index (χ4v) is 2.93. The lowest BCUT2D eigenvalue weighted by atomic mass is 10.2. The second-order valence-corrected chi connectivity index (χ2v) is 6.19. The highest BCUT2D eigenvalue weighted by molar-refractivity contribution is 7.53. The number of hydrogen-bond donors (Lipinski definition) is 2. The van der Waals surface area contributed by atoms with E-state index in [4.69, 9.17) is 9.47 Å². The van der Waals surface area contributed by atoms with Crippen molar-refractivity contribution in [2.24, 2.45) is 0 Å². The first-order valence-electron chi connectivity index (χ1n) is 6.23. The van der Waals surface area contributed by atoms with Gasteiger partial charge in [-0.1, -0.05) is 26.0 Å². The van der Waals surface area contributed by atoms with Crippen LogP contribution < -0.4 is 4.74 Å². The minimum Gasteiger partial charge on any atom is -0.496 e. The first-order valence-corrected chi connectivity index (χ1v) is 7.84. The molecule has 0 fully saturated rings. The number of ether oxygens (including phenoxy) is 2. The highest BCUT2D eigenvalue weighted by atomic mass is 31.2. The van der Waals surface area contributed by atoms with Crippen LogP contribution in [-0.4, -0.2) is 28.2 Å². The average Bonchev–Trinajstić information content (AvgIpc) is 2.43. The number of carbonyl (C=O) groups excluding carboxylic acids is 1. The Bertz CT molecular complexity index is 517. The molecule has 0 saturated carbocycles. The quantitative estimate of drug-likeness (QED) is 0.619. The molecule has 1 rings (SSSR count). The van der Waals surface area contributed by atoms with Crippen LogP contribution in [0, 0.1) is 0 Å². The third kappa shape index (κ3) is 3.20. The molecule has 0 bridgehead atoms. The van der Waals surface area contributed by atoms with Crippen molar-refractivity contribution in [2.75, 3.05) is 7.11 Å². The van der Waals surface area contributed by atoms with Crippen LogP contribution in [0.5, 0.6) is 5.75 Å². The SMILES string of the molecule is CCC(CC)(OC(=O)c1ccccc1OC)P(=O)(O)O. The first kappa shape index (κ1) is 16.7. The molecule has 0 aromatic heterocycles. The Morgan fingerprint density at radius 1 is 1.25 bits per heavy atom. The van der Waals surface area contributed by atoms with Gasteiger partial charge in [0.15, 0.2) is 0 Å². The Morgan fingerprint density at radius 3 is 2.25 bits per heavy atom. The second-order valence-electron chi connectivity index (χ2n) is 4.29. The predicted octanol–water partition coefficient (Wildman–Crippen LogP) is 2.55. The van der Waals surface area contributed by atoms with Crippen molar-refractivity contribution in [3.63, 3.8) is 0 Å². The van der Waals surface area contributed by atoms with E-state index in [-0.39, 0.29) is 18.4 Å². The molecule has 0 aliphatic rings. The van der Waals surface area contributed by atoms with Crippen molar-refractivity contribution in [1.82, 2.24) is 0 Å². The molecule has 0 aliphatic heterocycles. The maximum absolute atomic E-state index is 12.2. The molecule has 112 valence electrons. The summed E-state index contributed by atoms with van der Waals surface area (Å²) in [6.45, 7) is 3.14. The largest absolute Gasteiger partial charge is 0.496 e. The van der Waals surface area contributed by atoms with E-state index in [1.54, 1.807) is 32.0 Å². The summed E-state index contributed by atoms with van der Waals surface area (Å²) in [6, 6.07) is 6.37. The van der Waals surface area contributed by atoms with Crippen LogP contribution in [-0.2, 0) is 9.30 Å². The predicted molar refractivity (Wildman–Crippen MR) is 73.8 cm³/mol. The van der Waals surface area contributed by atoms with Gasteiger partial charge >= 0.3 is 13.6 Å². The number of para-hydroxylation sites is 1. The number of hydrogen-bond acceptors (Lipinski definition) is 4. The molecular formula is C13H19O6P. The highest BCUT2D eigenvalue weighted by Gasteiger charge is 2.48. The summed E-state index contributed by atoms with van der Waals surface area (Å²) >= 11 is 0. The molecule has 0 unspecified atom stereocenters. The zero-order chi connectivity index (χ0) is 15.4. The zero-order valence-electron chi connectivity index (χ0n) is 11.7. The van der Waals surface area contributed by atoms with E-state index in [0.717, 1.165) is 0 Å². The number of methoxy groups -OCH3 is 1. The summed E-state index contributed by atoms with van der Waals surface area (Å²) in [4.78, 5) is 31.1. The summed E-state index contributed by atoms with van der Waals surface area (Å²) < 4.78 is 21.8. The van der Waals surface area contributed by atoms with Gasteiger partial charge in [0, 0.05) is 0 Å². The van der Waals surface area contributed by atoms with Gasteiger partial charge in [-0.25, -0.2) is 4.79 Å². The standard InChI is InChI=1S/C13H19O6P/c1-4-13(5-2,20(15,16)17)19-12(14)10-8-6-7-9-11(10)18-3/h6-9H,4-5H2,1-3H3,(H2,15,16,17). The van der Waals surface area contributed by atoms with Crippen molar-refractivity contribution in [2.45, 2.75) is 32.0 Å². The van der Waals surface area contributed by atoms with Gasteiger partial charge in [0.25, 0.3) is 0 Å². The Kier molecular flexibility index (Phi) is 5.34. The molecule has 20 heavy (non-hydrogen) atoms. The van der Waals surface area contributed by atoms with Crippen LogP contribution in [0.15, 0.2) is 24.3 Å². The van der Waals surface area contributed by atoms with Gasteiger partial charge in [-0.15, -0.1) is 0 Å². The van der Waals surface area contributed by atoms with E-state index in [1.165, 1.54) is 13.2 Å². The molecule has 0 radical (unpaired) electrons. The lowest BCUT2D eigenvalue weighted by molar-refractivity contribution is 0.00366. The van der Waals surface area contributed by atoms with Crippen molar-refractivity contribution in [3.8, 4) is 5.75 Å². The summed E-state index contributed by atoms with van der Waals surface area (Å²) in [5.74, 6) is -0.515. The normalized spacial score (nSPS) is 12.1. The molecule has 7 heteroatoms. The molecule has 0 heterocycles. The molecule has 0 saturated heterocycles. The Labute approximate surface area is 117 Å². The number of esters is 1. The lowest BCUT2D eigenvalue weighted by Crippen LogP contribution is -2.34. The van der Waals surface area contributed by atoms with Gasteiger partial charge < -0.3 is 19.3 Å². The van der Waals surface area contributed by atoms with Gasteiger partial charge in [-0.2, -0.15) is 0 Å². The molecule has 0 amide bonds. The molecule has 6 nitrogen and oxygen atoms in total. The summed E-state index contributed by atoms with van der Waals surface area (Å²) in [5.41, 5.74) is 0.134. The lowest BCUT2D eigenvalue weighted by Gasteiger charge is -2.31. The smallest absolute Gasteiger partial charge is 0.368 e. The molecule has 2 N–H and O–H groups in total. The number of rotatable bonds is 6. The van der Waals surface area contributed by atoms with Gasteiger partial charge in [-0.3, -0.25) is 4.57 Å². The van der Waals surface area contributed by atoms with E-state index < -0.39 is 18.9 Å². The summed E-state index contributed by atoms with van der Waals surface area (Å²) in [5, 5.41) is -1.80. The van der Waals surface area contributed by atoms with Crippen molar-refractivity contribution in [3.05, 3.63) is 29.8 Å². The van der Waals surface area contributed by atoms with E-state index in [1.807, 2.05) is 0 Å². The Morgan fingerprint density at radius 2 is 1.80 bits per heavy atom. The van der Waals surface area contributed by atoms with E-state index in [0.29, 0.717) is 5.75 Å². The fraction of sp³-hybridized carbons (Fsp3) is 0.462. The van der Waals surface area contributed by atoms with Gasteiger partial charge in [0.2, 0.25) is 5.34 Å². The molecule has 0 aliphatic carbocycles. The fourth-order valence-electron chi connectivity index (χ4n) is 1.91. The monoisotopic (exact) mass is 302 g/mol. The number of benzene rings is 1. The third-order valence-corrected chi connectivity index (χ3v) is 5.03. The highest BCUT2D eigenvalue weighted by Crippen LogP contribution is 2.55. The van der Waals surface area contributed by atoms with Crippen molar-refractivity contribution >= 4 is 13.6 Å². The maximum Gasteiger partial charge on any atom is 0.368 e. The molecule has 1 aromatic carbocycles. The van der Waals surface area contributed by atoms with E-state index in [9.17, 15) is 19.1 Å². The van der Waals surface area contributed by atoms with Gasteiger partial charge in [0.1, 0.15) is 11.3 Å². The Balaban J connectivity index is 3.13. The average molecular weight is 302 g/mol.